The molecule has 0 fully saturated rings. The third-order valence-electron chi connectivity index (χ3n) is 2.99. The lowest BCUT2D eigenvalue weighted by atomic mass is 10.2. The van der Waals surface area contributed by atoms with E-state index in [0.717, 1.165) is 0 Å². The molecule has 0 N–H and O–H groups in total. The van der Waals surface area contributed by atoms with Crippen molar-refractivity contribution in [3.05, 3.63) is 0 Å². The molecule has 21 heteroatoms. The van der Waals surface area contributed by atoms with Gasteiger partial charge in [-0.25, -0.2) is 9.59 Å². The first-order valence-electron chi connectivity index (χ1n) is 6.22. The minimum Gasteiger partial charge on any atom is -0.388 e. The maximum atomic E-state index is 12.4. The molecule has 0 amide bonds. The van der Waals surface area contributed by atoms with Crippen LogP contribution in [-0.4, -0.2) is 45.5 Å². The summed E-state index contributed by atoms with van der Waals surface area (Å²) < 4.78 is -19.5. The van der Waals surface area contributed by atoms with Gasteiger partial charge in [0.1, 0.15) is 0 Å². The number of ether oxygens (including phenoxy) is 1. The van der Waals surface area contributed by atoms with Crippen LogP contribution in [0.2, 0.25) is 0 Å². The van der Waals surface area contributed by atoms with Crippen LogP contribution in [0.4, 0.5) is 0 Å². The molecule has 0 heterocycles. The second kappa shape index (κ2) is 10.9. The molecule has 0 saturated carbocycles. The van der Waals surface area contributed by atoms with Gasteiger partial charge in [-0.15, -0.1) is 0 Å². The minimum absolute atomic E-state index is 2.00. The van der Waals surface area contributed by atoms with E-state index in [9.17, 15) is 9.59 Å². The normalized spacial score (nSPS) is 15.7. The quantitative estimate of drug-likeness (QED) is 0.153. The van der Waals surface area contributed by atoms with Gasteiger partial charge in [-0.2, -0.15) is 0 Å². The summed E-state index contributed by atoms with van der Waals surface area (Å²) in [7, 11) is 0. The fourth-order valence-corrected chi connectivity index (χ4v) is 5.20. The van der Waals surface area contributed by atoms with Crippen LogP contribution in [-0.2, 0) is 14.3 Å². The SMILES string of the molecule is O=C(OC(=O)C(Cl)(Cl)C(Cl)(Cl)C(Cl)(Cl)C(Cl)(Cl)Cl)C(Cl)(Cl)C(Cl)(Cl)C(Cl)(Cl)C(Cl)(Cl)Cl. The van der Waals surface area contributed by atoms with E-state index in [1.54, 1.807) is 0 Å². The third kappa shape index (κ3) is 6.51. The number of hydrogen-bond acceptors (Lipinski definition) is 3. The maximum absolute atomic E-state index is 12.4. The van der Waals surface area contributed by atoms with Crippen molar-refractivity contribution in [2.24, 2.45) is 0 Å². The zero-order chi connectivity index (χ0) is 25.9. The highest BCUT2D eigenvalue weighted by Gasteiger charge is 2.74. The van der Waals surface area contributed by atoms with E-state index in [-0.39, 0.29) is 0 Å². The molecule has 0 aromatic carbocycles. The molecule has 0 rings (SSSR count). The van der Waals surface area contributed by atoms with E-state index in [2.05, 4.69) is 4.74 Å². The van der Waals surface area contributed by atoms with Crippen molar-refractivity contribution >= 4 is 221 Å². The van der Waals surface area contributed by atoms with E-state index in [4.69, 9.17) is 209 Å². The van der Waals surface area contributed by atoms with Gasteiger partial charge in [-0.05, 0) is 0 Å². The van der Waals surface area contributed by atoms with E-state index in [1.165, 1.54) is 0 Å². The molecule has 0 unspecified atom stereocenters. The second-order valence-electron chi connectivity index (χ2n) is 5.12. The molecule has 0 radical (unpaired) electrons. The van der Waals surface area contributed by atoms with Crippen LogP contribution in [0.5, 0.6) is 0 Å². The van der Waals surface area contributed by atoms with Gasteiger partial charge < -0.3 is 4.74 Å². The van der Waals surface area contributed by atoms with Gasteiger partial charge in [0, 0.05) is 0 Å². The molecule has 3 nitrogen and oxygen atoms in total. The lowest BCUT2D eigenvalue weighted by Crippen LogP contribution is -2.62. The van der Waals surface area contributed by atoms with Crippen molar-refractivity contribution < 1.29 is 14.3 Å². The number of carbonyl (C=O) groups is 2. The minimum atomic E-state index is -3.24. The molecule has 0 aromatic rings. The first-order valence-corrected chi connectivity index (χ1v) is 13.0. The summed E-state index contributed by atoms with van der Waals surface area (Å²) in [6.07, 6.45) is 0. The summed E-state index contributed by atoms with van der Waals surface area (Å²) in [5, 5.41) is 0. The zero-order valence-corrected chi connectivity index (χ0v) is 26.6. The highest BCUT2D eigenvalue weighted by Crippen LogP contribution is 2.64. The van der Waals surface area contributed by atoms with Gasteiger partial charge in [0.15, 0.2) is 8.67 Å². The number of carbonyl (C=O) groups excluding carboxylic acids is 2. The molecule has 0 aliphatic heterocycles. The van der Waals surface area contributed by atoms with Crippen molar-refractivity contribution in [3.63, 3.8) is 0 Å². The molecular weight excluding hydrogens is 806 g/mol. The Morgan fingerprint density at radius 3 is 0.742 bits per heavy atom. The molecule has 0 bridgehead atoms. The Hall–Kier alpha value is 4.36. The van der Waals surface area contributed by atoms with Gasteiger partial charge >= 0.3 is 11.9 Å². The largest absolute Gasteiger partial charge is 0.388 e. The van der Waals surface area contributed by atoms with Crippen molar-refractivity contribution in [2.75, 3.05) is 0 Å². The molecule has 0 spiro atoms. The number of halogens is 18. The summed E-state index contributed by atoms with van der Waals surface area (Å²) in [6, 6.07) is 0. The Kier molecular flexibility index (Phi) is 12.4. The van der Waals surface area contributed by atoms with Crippen LogP contribution in [0, 0.1) is 0 Å². The maximum Gasteiger partial charge on any atom is 0.353 e. The van der Waals surface area contributed by atoms with Crippen molar-refractivity contribution in [1.82, 2.24) is 0 Å². The smallest absolute Gasteiger partial charge is 0.353 e. The first kappa shape index (κ1) is 35.4. The van der Waals surface area contributed by atoms with Crippen molar-refractivity contribution in [1.29, 1.82) is 0 Å². The van der Waals surface area contributed by atoms with Gasteiger partial charge in [-0.1, -0.05) is 209 Å². The number of hydrogen-bond donors (Lipinski definition) is 0. The summed E-state index contributed by atoms with van der Waals surface area (Å²) in [6.45, 7) is 0. The topological polar surface area (TPSA) is 43.4 Å². The van der Waals surface area contributed by atoms with Crippen molar-refractivity contribution in [3.8, 4) is 0 Å². The van der Waals surface area contributed by atoms with Crippen LogP contribution in [0.3, 0.4) is 0 Å². The Labute approximate surface area is 265 Å². The van der Waals surface area contributed by atoms with Crippen LogP contribution < -0.4 is 0 Å². The standard InChI is InChI=1S/C10Cl18O3/c11-3(12,5(15,16)7(19,20)9(23,24)25)1(29)31-2(30)4(13,14)6(17,18)8(21,22)10(26,27)28. The van der Waals surface area contributed by atoms with Gasteiger partial charge in [0.25, 0.3) is 8.67 Å². The number of rotatable bonds is 6. The molecular formula is C10Cl18O3. The monoisotopic (exact) mass is 797 g/mol. The molecule has 0 aliphatic rings. The summed E-state index contributed by atoms with van der Waals surface area (Å²) in [5.74, 6) is -3.99. The number of alkyl halides is 18. The third-order valence-corrected chi connectivity index (χ3v) is 13.7. The fraction of sp³-hybridized carbons (Fsp3) is 0.800. The van der Waals surface area contributed by atoms with Gasteiger partial charge in [0.2, 0.25) is 16.3 Å². The van der Waals surface area contributed by atoms with Crippen LogP contribution in [0.1, 0.15) is 0 Å². The Morgan fingerprint density at radius 2 is 0.581 bits per heavy atom. The van der Waals surface area contributed by atoms with E-state index in [1.807, 2.05) is 0 Å². The molecule has 0 aliphatic carbocycles. The van der Waals surface area contributed by atoms with Crippen molar-refractivity contribution in [2.45, 2.75) is 33.6 Å². The Morgan fingerprint density at radius 1 is 0.387 bits per heavy atom. The van der Waals surface area contributed by atoms with Gasteiger partial charge in [0.05, 0.1) is 0 Å². The van der Waals surface area contributed by atoms with Crippen LogP contribution >= 0.6 is 209 Å². The first-order chi connectivity index (χ1) is 13.0. The highest BCUT2D eigenvalue weighted by atomic mass is 35.6. The van der Waals surface area contributed by atoms with Gasteiger partial charge in [-0.3, -0.25) is 0 Å². The average molecular weight is 806 g/mol. The Balaban J connectivity index is 6.12. The lowest BCUT2D eigenvalue weighted by Gasteiger charge is -2.43. The van der Waals surface area contributed by atoms with E-state index >= 15 is 0 Å². The Bertz CT molecular complexity index is 653. The molecule has 0 aromatic heterocycles. The highest BCUT2D eigenvalue weighted by molar-refractivity contribution is 6.83. The lowest BCUT2D eigenvalue weighted by molar-refractivity contribution is -0.161. The second-order valence-corrected chi connectivity index (χ2v) is 17.6. The summed E-state index contributed by atoms with van der Waals surface area (Å²) in [4.78, 5) is 24.9. The summed E-state index contributed by atoms with van der Waals surface area (Å²) in [5.41, 5.74) is 0. The molecule has 184 valence electrons. The molecule has 0 atom stereocenters. The van der Waals surface area contributed by atoms with Crippen LogP contribution in [0.25, 0.3) is 0 Å². The predicted octanol–water partition coefficient (Wildman–Crippen LogP) is 9.84. The zero-order valence-electron chi connectivity index (χ0n) is 13.0. The fourth-order valence-electron chi connectivity index (χ4n) is 1.22. The average Bonchev–Trinajstić information content (AvgIpc) is 2.51. The molecule has 0 saturated heterocycles. The van der Waals surface area contributed by atoms with Crippen LogP contribution in [0.15, 0.2) is 0 Å². The predicted molar refractivity (Wildman–Crippen MR) is 138 cm³/mol. The summed E-state index contributed by atoms with van der Waals surface area (Å²) >= 11 is 103. The van der Waals surface area contributed by atoms with E-state index in [0.29, 0.717) is 0 Å². The number of esters is 2. The molecule has 31 heavy (non-hydrogen) atoms. The van der Waals surface area contributed by atoms with E-state index < -0.39 is 45.5 Å².